The topological polar surface area (TPSA) is 60.9 Å². The highest BCUT2D eigenvalue weighted by atomic mass is 35.5. The van der Waals surface area contributed by atoms with Crippen LogP contribution in [0.15, 0.2) is 41.5 Å². The van der Waals surface area contributed by atoms with E-state index in [-0.39, 0.29) is 36.4 Å². The summed E-state index contributed by atoms with van der Waals surface area (Å²) in [6.07, 6.45) is 6.24. The standard InChI is InChI=1S/C15H17N3O.2ClH/c16-13-4-5-14-12(8-13)3-6-15(19)18(14)10-11-2-1-7-17-9-11;;/h1-3,6-7,9,13H,4-5,8,10,16H2;2*1H. The molecule has 2 aromatic rings. The number of nitrogens with two attached hydrogens (primary N) is 1. The molecule has 0 spiro atoms. The summed E-state index contributed by atoms with van der Waals surface area (Å²) in [6, 6.07) is 7.68. The summed E-state index contributed by atoms with van der Waals surface area (Å²) in [5.74, 6) is 0. The van der Waals surface area contributed by atoms with Gasteiger partial charge < -0.3 is 10.3 Å². The van der Waals surface area contributed by atoms with Gasteiger partial charge in [-0.25, -0.2) is 0 Å². The van der Waals surface area contributed by atoms with Gasteiger partial charge in [-0.2, -0.15) is 0 Å². The fraction of sp³-hybridized carbons (Fsp3) is 0.333. The molecule has 21 heavy (non-hydrogen) atoms. The molecule has 0 aliphatic heterocycles. The molecule has 0 saturated carbocycles. The first-order chi connectivity index (χ1) is 9.24. The van der Waals surface area contributed by atoms with Gasteiger partial charge in [0.25, 0.3) is 5.56 Å². The van der Waals surface area contributed by atoms with Gasteiger partial charge in [-0.1, -0.05) is 12.1 Å². The van der Waals surface area contributed by atoms with Crippen LogP contribution in [0.4, 0.5) is 0 Å². The van der Waals surface area contributed by atoms with Crippen LogP contribution in [0.3, 0.4) is 0 Å². The van der Waals surface area contributed by atoms with Crippen molar-refractivity contribution in [3.05, 3.63) is 63.8 Å². The molecule has 2 aromatic heterocycles. The maximum absolute atomic E-state index is 12.1. The fourth-order valence-corrected chi connectivity index (χ4v) is 2.70. The van der Waals surface area contributed by atoms with E-state index >= 15 is 0 Å². The van der Waals surface area contributed by atoms with Gasteiger partial charge in [0.2, 0.25) is 0 Å². The van der Waals surface area contributed by atoms with Crippen molar-refractivity contribution >= 4 is 24.8 Å². The summed E-state index contributed by atoms with van der Waals surface area (Å²) in [4.78, 5) is 16.2. The van der Waals surface area contributed by atoms with Gasteiger partial charge in [0.05, 0.1) is 6.54 Å². The molecule has 0 aromatic carbocycles. The Bertz CT molecular complexity index is 643. The summed E-state index contributed by atoms with van der Waals surface area (Å²) in [7, 11) is 0. The summed E-state index contributed by atoms with van der Waals surface area (Å²) in [6.45, 7) is 0.588. The first-order valence-corrected chi connectivity index (χ1v) is 6.60. The predicted molar refractivity (Wildman–Crippen MR) is 88.5 cm³/mol. The van der Waals surface area contributed by atoms with E-state index in [1.54, 1.807) is 18.5 Å². The van der Waals surface area contributed by atoms with Gasteiger partial charge in [-0.05, 0) is 36.5 Å². The van der Waals surface area contributed by atoms with Crippen molar-refractivity contribution in [3.8, 4) is 0 Å². The Labute approximate surface area is 136 Å². The summed E-state index contributed by atoms with van der Waals surface area (Å²) in [5, 5.41) is 0. The molecular formula is C15H19Cl2N3O. The molecule has 1 atom stereocenters. The van der Waals surface area contributed by atoms with Crippen LogP contribution in [0.25, 0.3) is 0 Å². The Morgan fingerprint density at radius 3 is 2.81 bits per heavy atom. The van der Waals surface area contributed by atoms with Crippen molar-refractivity contribution in [2.75, 3.05) is 0 Å². The first-order valence-electron chi connectivity index (χ1n) is 6.60. The molecule has 0 saturated heterocycles. The number of hydrogen-bond donors (Lipinski definition) is 1. The molecule has 3 rings (SSSR count). The van der Waals surface area contributed by atoms with E-state index in [0.717, 1.165) is 30.5 Å². The molecule has 1 aliphatic rings. The third-order valence-corrected chi connectivity index (χ3v) is 3.69. The third kappa shape index (κ3) is 3.84. The number of pyridine rings is 2. The van der Waals surface area contributed by atoms with Crippen molar-refractivity contribution in [2.24, 2.45) is 5.73 Å². The predicted octanol–water partition coefficient (Wildman–Crippen LogP) is 1.95. The van der Waals surface area contributed by atoms with E-state index < -0.39 is 0 Å². The van der Waals surface area contributed by atoms with Crippen molar-refractivity contribution in [1.29, 1.82) is 0 Å². The van der Waals surface area contributed by atoms with Gasteiger partial charge in [-0.3, -0.25) is 9.78 Å². The Balaban J connectivity index is 0.00000110. The van der Waals surface area contributed by atoms with Crippen LogP contribution in [0, 0.1) is 0 Å². The number of fused-ring (bicyclic) bond motifs is 1. The van der Waals surface area contributed by atoms with Crippen LogP contribution in [-0.2, 0) is 19.4 Å². The molecule has 4 nitrogen and oxygen atoms in total. The largest absolute Gasteiger partial charge is 0.327 e. The summed E-state index contributed by atoms with van der Waals surface area (Å²) in [5.41, 5.74) is 9.44. The fourth-order valence-electron chi connectivity index (χ4n) is 2.70. The Hall–Kier alpha value is -1.36. The van der Waals surface area contributed by atoms with Crippen LogP contribution >= 0.6 is 24.8 Å². The average Bonchev–Trinajstić information content (AvgIpc) is 2.43. The zero-order valence-corrected chi connectivity index (χ0v) is 13.2. The molecule has 114 valence electrons. The molecule has 0 bridgehead atoms. The molecule has 0 fully saturated rings. The first kappa shape index (κ1) is 17.7. The maximum Gasteiger partial charge on any atom is 0.251 e. The number of aromatic nitrogens is 2. The lowest BCUT2D eigenvalue weighted by Crippen LogP contribution is -2.33. The van der Waals surface area contributed by atoms with E-state index in [2.05, 4.69) is 4.98 Å². The van der Waals surface area contributed by atoms with Crippen LogP contribution < -0.4 is 11.3 Å². The number of rotatable bonds is 2. The van der Waals surface area contributed by atoms with E-state index in [4.69, 9.17) is 5.73 Å². The molecular weight excluding hydrogens is 309 g/mol. The minimum Gasteiger partial charge on any atom is -0.327 e. The minimum absolute atomic E-state index is 0. The average molecular weight is 328 g/mol. The van der Waals surface area contributed by atoms with Gasteiger partial charge >= 0.3 is 0 Å². The molecule has 2 heterocycles. The smallest absolute Gasteiger partial charge is 0.251 e. The highest BCUT2D eigenvalue weighted by Gasteiger charge is 2.18. The maximum atomic E-state index is 12.1. The third-order valence-electron chi connectivity index (χ3n) is 3.69. The Kier molecular flexibility index (Phi) is 6.40. The Morgan fingerprint density at radius 2 is 2.10 bits per heavy atom. The van der Waals surface area contributed by atoms with Crippen LogP contribution in [-0.4, -0.2) is 15.6 Å². The van der Waals surface area contributed by atoms with Gasteiger partial charge in [0, 0.05) is 30.2 Å². The van der Waals surface area contributed by atoms with Crippen LogP contribution in [0.1, 0.15) is 23.2 Å². The summed E-state index contributed by atoms with van der Waals surface area (Å²) >= 11 is 0. The van der Waals surface area contributed by atoms with Crippen LogP contribution in [0.5, 0.6) is 0 Å². The second-order valence-corrected chi connectivity index (χ2v) is 5.09. The zero-order chi connectivity index (χ0) is 13.2. The number of hydrogen-bond acceptors (Lipinski definition) is 3. The quantitative estimate of drug-likeness (QED) is 0.917. The van der Waals surface area contributed by atoms with Gasteiger partial charge in [0.15, 0.2) is 0 Å². The lowest BCUT2D eigenvalue weighted by molar-refractivity contribution is 0.536. The molecule has 6 heteroatoms. The SMILES string of the molecule is Cl.Cl.NC1CCc2c(ccc(=O)n2Cc2cccnc2)C1. The molecule has 1 unspecified atom stereocenters. The normalized spacial score (nSPS) is 16.3. The molecule has 0 radical (unpaired) electrons. The lowest BCUT2D eigenvalue weighted by atomic mass is 9.92. The monoisotopic (exact) mass is 327 g/mol. The molecule has 2 N–H and O–H groups in total. The molecule has 0 amide bonds. The van der Waals surface area contributed by atoms with E-state index in [0.29, 0.717) is 6.54 Å². The lowest BCUT2D eigenvalue weighted by Gasteiger charge is -2.24. The second kappa shape index (κ2) is 7.59. The van der Waals surface area contributed by atoms with Gasteiger partial charge in [0.1, 0.15) is 0 Å². The van der Waals surface area contributed by atoms with E-state index in [1.807, 2.05) is 22.8 Å². The number of halogens is 2. The Morgan fingerprint density at radius 1 is 1.29 bits per heavy atom. The van der Waals surface area contributed by atoms with E-state index in [9.17, 15) is 4.79 Å². The highest BCUT2D eigenvalue weighted by Crippen LogP contribution is 2.19. The van der Waals surface area contributed by atoms with Crippen molar-refractivity contribution in [1.82, 2.24) is 9.55 Å². The van der Waals surface area contributed by atoms with Crippen molar-refractivity contribution < 1.29 is 0 Å². The highest BCUT2D eigenvalue weighted by molar-refractivity contribution is 5.85. The van der Waals surface area contributed by atoms with Gasteiger partial charge in [-0.15, -0.1) is 24.8 Å². The van der Waals surface area contributed by atoms with Crippen molar-refractivity contribution in [2.45, 2.75) is 31.8 Å². The molecule has 1 aliphatic carbocycles. The summed E-state index contributed by atoms with van der Waals surface area (Å²) < 4.78 is 1.86. The van der Waals surface area contributed by atoms with E-state index in [1.165, 1.54) is 5.56 Å². The van der Waals surface area contributed by atoms with Crippen molar-refractivity contribution in [3.63, 3.8) is 0 Å². The minimum atomic E-state index is 0. The zero-order valence-electron chi connectivity index (χ0n) is 11.6. The van der Waals surface area contributed by atoms with Crippen LogP contribution in [0.2, 0.25) is 0 Å². The number of nitrogens with zero attached hydrogens (tertiary/aromatic N) is 2. The second-order valence-electron chi connectivity index (χ2n) is 5.09.